The van der Waals surface area contributed by atoms with Gasteiger partial charge in [-0.25, -0.2) is 0 Å². The lowest BCUT2D eigenvalue weighted by Gasteiger charge is -2.71. The molecule has 2 bridgehead atoms. The summed E-state index contributed by atoms with van der Waals surface area (Å²) >= 11 is 0. The number of ether oxygens (including phenoxy) is 2. The van der Waals surface area contributed by atoms with Crippen molar-refractivity contribution in [3.63, 3.8) is 0 Å². The van der Waals surface area contributed by atoms with Crippen LogP contribution >= 0.6 is 0 Å². The zero-order chi connectivity index (χ0) is 47.2. The van der Waals surface area contributed by atoms with Crippen molar-refractivity contribution in [2.24, 2.45) is 57.2 Å². The Morgan fingerprint density at radius 1 is 1.01 bits per heavy atom. The number of aromatic amines is 1. The highest BCUT2D eigenvalue weighted by atomic mass is 16.6. The van der Waals surface area contributed by atoms with Gasteiger partial charge in [0.05, 0.1) is 34.8 Å². The molecule has 0 amide bonds. The second kappa shape index (κ2) is 15.9. The van der Waals surface area contributed by atoms with Gasteiger partial charge in [0, 0.05) is 79.1 Å². The number of allylic oxidation sites excluding steroid dienone is 1. The zero-order valence-electron chi connectivity index (χ0n) is 41.3. The van der Waals surface area contributed by atoms with Crippen molar-refractivity contribution in [1.29, 1.82) is 0 Å². The van der Waals surface area contributed by atoms with Crippen LogP contribution in [0, 0.1) is 75.9 Å². The van der Waals surface area contributed by atoms with Crippen molar-refractivity contribution in [3.05, 3.63) is 69.6 Å². The van der Waals surface area contributed by atoms with Crippen molar-refractivity contribution in [3.8, 4) is 11.8 Å². The molecule has 5 aliphatic carbocycles. The van der Waals surface area contributed by atoms with Gasteiger partial charge in [-0.2, -0.15) is 0 Å². The standard InChI is InChI=1S/C58H74N2O7/c1-32-24-35(34-18-22-66-23-19-34)27-36(25-32)40(31-61)48-41-15-11-14-38-28-46(64)57(7,37-12-9-10-13-37)45-16-20-55(5)52(58(38,45)8)51(65)39(30-60(41)42-17-21-59-50(42)48)49-47(44(63)29-56(49,55)6)33(2)26-43(62)53-54(3,4)67-53/h17,21,24-25,27,31,33-34,37-40,43,45,51-53,59,62,65H,9-10,12-13,15-16,18-20,22-23,26,28-30H2,1-8H3. The number of hydrogen-bond acceptors (Lipinski definition) is 7. The summed E-state index contributed by atoms with van der Waals surface area (Å²) in [6, 6.07) is 8.74. The monoisotopic (exact) mass is 911 g/mol. The van der Waals surface area contributed by atoms with Crippen LogP contribution in [-0.2, 0) is 36.8 Å². The highest BCUT2D eigenvalue weighted by Crippen LogP contribution is 2.77. The van der Waals surface area contributed by atoms with Crippen LogP contribution in [0.4, 0.5) is 0 Å². The summed E-state index contributed by atoms with van der Waals surface area (Å²) in [5.41, 5.74) is 6.33. The number of fused-ring (bicyclic) bond motifs is 7. The van der Waals surface area contributed by atoms with Gasteiger partial charge in [-0.15, -0.1) is 0 Å². The van der Waals surface area contributed by atoms with E-state index in [1.807, 2.05) is 20.0 Å². The summed E-state index contributed by atoms with van der Waals surface area (Å²) in [5, 5.41) is 25.5. The number of carbonyl (C=O) groups is 3. The van der Waals surface area contributed by atoms with E-state index in [0.29, 0.717) is 49.8 Å². The third-order valence-corrected chi connectivity index (χ3v) is 20.8. The van der Waals surface area contributed by atoms with Gasteiger partial charge >= 0.3 is 0 Å². The number of epoxide rings is 1. The third kappa shape index (κ3) is 6.50. The summed E-state index contributed by atoms with van der Waals surface area (Å²) in [7, 11) is 0. The molecular formula is C58H74N2O7. The number of aromatic nitrogens is 2. The van der Waals surface area contributed by atoms with Crippen LogP contribution < -0.4 is 0 Å². The molecule has 0 radical (unpaired) electrons. The Hall–Kier alpha value is -3.81. The summed E-state index contributed by atoms with van der Waals surface area (Å²) in [6.07, 6.45) is 10.7. The smallest absolute Gasteiger partial charge is 0.160 e. The van der Waals surface area contributed by atoms with Crippen molar-refractivity contribution < 1.29 is 34.1 Å². The van der Waals surface area contributed by atoms with E-state index in [9.17, 15) is 15.0 Å². The first-order valence-corrected chi connectivity index (χ1v) is 26.0. The fraction of sp³-hybridized carbons (Fsp3) is 0.672. The zero-order valence-corrected chi connectivity index (χ0v) is 41.3. The Kier molecular flexibility index (Phi) is 10.8. The summed E-state index contributed by atoms with van der Waals surface area (Å²) in [4.78, 5) is 47.6. The molecule has 2 saturated heterocycles. The molecule has 358 valence electrons. The van der Waals surface area contributed by atoms with E-state index in [1.165, 1.54) is 5.56 Å². The van der Waals surface area contributed by atoms with Crippen molar-refractivity contribution in [2.75, 3.05) is 13.2 Å². The molecular weight excluding hydrogens is 837 g/mol. The summed E-state index contributed by atoms with van der Waals surface area (Å²) < 4.78 is 14.0. The highest BCUT2D eigenvalue weighted by Gasteiger charge is 2.75. The maximum absolute atomic E-state index is 15.1. The third-order valence-electron chi connectivity index (χ3n) is 20.8. The van der Waals surface area contributed by atoms with Crippen molar-refractivity contribution >= 4 is 28.9 Å². The summed E-state index contributed by atoms with van der Waals surface area (Å²) in [6.45, 7) is 19.5. The molecule has 3 aliphatic heterocycles. The van der Waals surface area contributed by atoms with Crippen LogP contribution in [0.2, 0.25) is 0 Å². The van der Waals surface area contributed by atoms with Crippen LogP contribution in [0.15, 0.2) is 41.6 Å². The van der Waals surface area contributed by atoms with E-state index in [0.717, 1.165) is 115 Å². The fourth-order valence-corrected chi connectivity index (χ4v) is 17.3. The largest absolute Gasteiger partial charge is 0.392 e. The van der Waals surface area contributed by atoms with E-state index < -0.39 is 51.3 Å². The number of aliphatic hydroxyl groups is 2. The molecule has 13 unspecified atom stereocenters. The Morgan fingerprint density at radius 3 is 2.45 bits per heavy atom. The van der Waals surface area contributed by atoms with E-state index in [2.05, 4.69) is 87.2 Å². The second-order valence-electron chi connectivity index (χ2n) is 24.4. The molecule has 5 heterocycles. The first kappa shape index (κ1) is 45.6. The number of aliphatic hydroxyl groups excluding tert-OH is 2. The van der Waals surface area contributed by atoms with Gasteiger partial charge in [0.2, 0.25) is 0 Å². The molecule has 6 fully saturated rings. The molecule has 13 atom stereocenters. The molecule has 4 saturated carbocycles. The quantitative estimate of drug-likeness (QED) is 0.111. The molecule has 9 nitrogen and oxygen atoms in total. The lowest BCUT2D eigenvalue weighted by atomic mass is 9.32. The predicted molar refractivity (Wildman–Crippen MR) is 258 cm³/mol. The molecule has 67 heavy (non-hydrogen) atoms. The molecule has 3 aromatic rings. The molecule has 3 N–H and O–H groups in total. The number of nitrogens with one attached hydrogen (secondary N) is 1. The van der Waals surface area contributed by atoms with Crippen LogP contribution in [0.5, 0.6) is 0 Å². The lowest BCUT2D eigenvalue weighted by molar-refractivity contribution is -0.236. The Balaban J connectivity index is 1.12. The van der Waals surface area contributed by atoms with Gasteiger partial charge in [-0.05, 0) is 134 Å². The first-order chi connectivity index (χ1) is 31.9. The Labute approximate surface area is 397 Å². The van der Waals surface area contributed by atoms with Gasteiger partial charge in [0.1, 0.15) is 18.2 Å². The molecule has 1 aromatic carbocycles. The van der Waals surface area contributed by atoms with E-state index in [4.69, 9.17) is 9.47 Å². The maximum atomic E-state index is 15.1. The number of rotatable bonds is 9. The van der Waals surface area contributed by atoms with E-state index >= 15 is 9.59 Å². The number of Topliss-reactive ketones (excluding diaryl/α,β-unsaturated/α-hetero) is 2. The maximum Gasteiger partial charge on any atom is 0.160 e. The highest BCUT2D eigenvalue weighted by molar-refractivity contribution is 6.01. The Morgan fingerprint density at radius 2 is 1.75 bits per heavy atom. The van der Waals surface area contributed by atoms with Crippen molar-refractivity contribution in [2.45, 2.75) is 175 Å². The molecule has 2 aromatic heterocycles. The number of hydrogen-bond donors (Lipinski definition) is 3. The Bertz CT molecular complexity index is 2630. The van der Waals surface area contributed by atoms with Gasteiger partial charge in [-0.1, -0.05) is 83.1 Å². The van der Waals surface area contributed by atoms with Crippen LogP contribution in [0.3, 0.4) is 0 Å². The van der Waals surface area contributed by atoms with Crippen LogP contribution in [0.1, 0.15) is 159 Å². The fourth-order valence-electron chi connectivity index (χ4n) is 17.3. The number of aryl methyl sites for hydroxylation is 1. The average molecular weight is 911 g/mol. The normalized spacial score (nSPS) is 38.4. The SMILES string of the molecule is Cc1cc(C2CCOCC2)cc(C(C=O)c2c3n(c4cc[nH]c24)CC2C4=C(C(C)CC(O)C5OC5(C)C)C(=O)CC4(C)C4(C)CCC5C(C)(C6CCCC6)C(=O)CC(C#CC3)C5(C)C4C2O)c1. The van der Waals surface area contributed by atoms with Gasteiger partial charge < -0.3 is 34.0 Å². The minimum absolute atomic E-state index is 0.0380. The van der Waals surface area contributed by atoms with Gasteiger partial charge in [-0.3, -0.25) is 9.59 Å². The van der Waals surface area contributed by atoms with Crippen LogP contribution in [0.25, 0.3) is 11.0 Å². The van der Waals surface area contributed by atoms with Crippen LogP contribution in [-0.4, -0.2) is 74.7 Å². The average Bonchev–Trinajstić information content (AvgIpc) is 3.84. The van der Waals surface area contributed by atoms with E-state index in [1.54, 1.807) is 0 Å². The minimum atomic E-state index is -0.846. The minimum Gasteiger partial charge on any atom is -0.392 e. The van der Waals surface area contributed by atoms with E-state index in [-0.39, 0.29) is 35.6 Å². The number of benzene rings is 1. The number of ketones is 2. The molecule has 9 heteroatoms. The van der Waals surface area contributed by atoms with Gasteiger partial charge in [0.15, 0.2) is 5.78 Å². The molecule has 8 aliphatic rings. The number of carbonyl (C=O) groups excluding carboxylic acids is 3. The first-order valence-electron chi connectivity index (χ1n) is 26.0. The summed E-state index contributed by atoms with van der Waals surface area (Å²) in [5.74, 6) is 6.92. The van der Waals surface area contributed by atoms with Crippen molar-refractivity contribution in [1.82, 2.24) is 9.55 Å². The molecule has 11 rings (SSSR count). The molecule has 0 spiro atoms. The van der Waals surface area contributed by atoms with Gasteiger partial charge in [0.25, 0.3) is 0 Å². The number of nitrogens with zero attached hydrogens (tertiary/aromatic N) is 1. The predicted octanol–water partition coefficient (Wildman–Crippen LogP) is 9.72. The number of aldehydes is 1. The lowest BCUT2D eigenvalue weighted by Crippen LogP contribution is -2.70. The topological polar surface area (TPSA) is 134 Å². The number of H-pyrrole nitrogens is 1. The second-order valence-corrected chi connectivity index (χ2v) is 24.4.